The molecule has 0 unspecified atom stereocenters. The van der Waals surface area contributed by atoms with Crippen molar-refractivity contribution in [1.82, 2.24) is 30.4 Å². The fraction of sp³-hybridized carbons (Fsp3) is 0.154. The molecule has 0 atom stereocenters. The van der Waals surface area contributed by atoms with E-state index < -0.39 is 18.5 Å². The van der Waals surface area contributed by atoms with Crippen LogP contribution in [-0.2, 0) is 20.9 Å². The van der Waals surface area contributed by atoms with Crippen LogP contribution in [0.25, 0.3) is 33.3 Å². The van der Waals surface area contributed by atoms with Gasteiger partial charge in [0.05, 0.1) is 34.9 Å². The maximum absolute atomic E-state index is 12.4. The molecule has 0 aliphatic heterocycles. The van der Waals surface area contributed by atoms with Crippen LogP contribution < -0.4 is 5.48 Å². The van der Waals surface area contributed by atoms with E-state index in [0.717, 1.165) is 16.5 Å². The van der Waals surface area contributed by atoms with E-state index in [1.165, 1.54) is 0 Å². The summed E-state index contributed by atoms with van der Waals surface area (Å²) in [5.74, 6) is -1.17. The number of hydrogen-bond donors (Lipinski definition) is 1. The molecule has 37 heavy (non-hydrogen) atoms. The Morgan fingerprint density at radius 2 is 1.92 bits per heavy atom. The molecule has 11 heteroatoms. The largest absolute Gasteiger partial charge is 0.464 e. The van der Waals surface area contributed by atoms with Gasteiger partial charge in [0, 0.05) is 17.1 Å². The SMILES string of the molecule is CCOC(=O)CONC(=O)c1ccc(-c2ccc3nnn(Cc4ccc5ncccc5c4)c3n2)cc1Cl. The number of aromatic nitrogens is 5. The summed E-state index contributed by atoms with van der Waals surface area (Å²) in [6.07, 6.45) is 1.77. The van der Waals surface area contributed by atoms with Crippen LogP contribution in [0.5, 0.6) is 0 Å². The van der Waals surface area contributed by atoms with E-state index in [2.05, 4.69) is 26.8 Å². The van der Waals surface area contributed by atoms with E-state index in [9.17, 15) is 9.59 Å². The van der Waals surface area contributed by atoms with Gasteiger partial charge in [0.1, 0.15) is 5.52 Å². The minimum Gasteiger partial charge on any atom is -0.464 e. The molecule has 3 aromatic heterocycles. The van der Waals surface area contributed by atoms with Crippen molar-refractivity contribution in [2.45, 2.75) is 13.5 Å². The Morgan fingerprint density at radius 1 is 1.05 bits per heavy atom. The number of rotatable bonds is 8. The standard InChI is InChI=1S/C26H21ClN6O4/c1-2-36-24(34)15-37-31-26(35)19-7-6-18(13-20(19)27)22-9-10-23-25(29-22)33(32-30-23)14-16-5-8-21-17(12-16)4-3-11-28-21/h3-13H,2,14-15H2,1H3,(H,31,35). The summed E-state index contributed by atoms with van der Waals surface area (Å²) in [5, 5.41) is 9.75. The number of esters is 1. The van der Waals surface area contributed by atoms with Gasteiger partial charge in [-0.15, -0.1) is 5.10 Å². The van der Waals surface area contributed by atoms with Crippen molar-refractivity contribution in [3.8, 4) is 11.3 Å². The average molecular weight is 517 g/mol. The Bertz CT molecular complexity index is 1620. The molecule has 5 rings (SSSR count). The molecular formula is C26H21ClN6O4. The van der Waals surface area contributed by atoms with E-state index >= 15 is 0 Å². The quantitative estimate of drug-likeness (QED) is 0.243. The first-order valence-electron chi connectivity index (χ1n) is 11.4. The lowest BCUT2D eigenvalue weighted by atomic mass is 10.1. The van der Waals surface area contributed by atoms with Crippen LogP contribution in [-0.4, -0.2) is 50.1 Å². The number of nitrogens with one attached hydrogen (secondary N) is 1. The number of carbonyl (C=O) groups is 2. The fourth-order valence-electron chi connectivity index (χ4n) is 3.79. The summed E-state index contributed by atoms with van der Waals surface area (Å²) in [4.78, 5) is 37.7. The molecule has 10 nitrogen and oxygen atoms in total. The molecule has 0 saturated heterocycles. The minimum absolute atomic E-state index is 0.188. The number of halogens is 1. The number of hydroxylamine groups is 1. The Balaban J connectivity index is 1.34. The van der Waals surface area contributed by atoms with Gasteiger partial charge in [-0.2, -0.15) is 0 Å². The van der Waals surface area contributed by atoms with Gasteiger partial charge in [0.25, 0.3) is 5.91 Å². The van der Waals surface area contributed by atoms with Gasteiger partial charge in [0.2, 0.25) is 0 Å². The summed E-state index contributed by atoms with van der Waals surface area (Å²) in [6, 6.07) is 18.6. The highest BCUT2D eigenvalue weighted by Crippen LogP contribution is 2.26. The zero-order valence-corrected chi connectivity index (χ0v) is 20.5. The third-order valence-electron chi connectivity index (χ3n) is 5.53. The molecule has 5 aromatic rings. The summed E-state index contributed by atoms with van der Waals surface area (Å²) in [7, 11) is 0. The van der Waals surface area contributed by atoms with Crippen molar-refractivity contribution in [2.75, 3.05) is 13.2 Å². The second-order valence-corrected chi connectivity index (χ2v) is 8.44. The van der Waals surface area contributed by atoms with Gasteiger partial charge in [-0.25, -0.2) is 19.9 Å². The average Bonchev–Trinajstić information content (AvgIpc) is 3.30. The van der Waals surface area contributed by atoms with Crippen molar-refractivity contribution in [1.29, 1.82) is 0 Å². The van der Waals surface area contributed by atoms with Crippen LogP contribution in [0.4, 0.5) is 0 Å². The van der Waals surface area contributed by atoms with Crippen molar-refractivity contribution < 1.29 is 19.2 Å². The second-order valence-electron chi connectivity index (χ2n) is 8.04. The third kappa shape index (κ3) is 5.40. The number of carbonyl (C=O) groups excluding carboxylic acids is 2. The summed E-state index contributed by atoms with van der Waals surface area (Å²) >= 11 is 6.38. The molecule has 2 aromatic carbocycles. The highest BCUT2D eigenvalue weighted by atomic mass is 35.5. The predicted molar refractivity (Wildman–Crippen MR) is 137 cm³/mol. The molecule has 1 N–H and O–H groups in total. The molecule has 3 heterocycles. The topological polar surface area (TPSA) is 121 Å². The van der Waals surface area contributed by atoms with E-state index in [0.29, 0.717) is 29.0 Å². The third-order valence-corrected chi connectivity index (χ3v) is 5.84. The smallest absolute Gasteiger partial charge is 0.334 e. The first-order valence-corrected chi connectivity index (χ1v) is 11.8. The summed E-state index contributed by atoms with van der Waals surface area (Å²) < 4.78 is 6.48. The number of pyridine rings is 2. The van der Waals surface area contributed by atoms with Gasteiger partial charge in [-0.3, -0.25) is 14.6 Å². The summed E-state index contributed by atoms with van der Waals surface area (Å²) in [6.45, 7) is 1.99. The fourth-order valence-corrected chi connectivity index (χ4v) is 4.06. The highest BCUT2D eigenvalue weighted by Gasteiger charge is 2.15. The summed E-state index contributed by atoms with van der Waals surface area (Å²) in [5.41, 5.74) is 6.98. The van der Waals surface area contributed by atoms with Crippen LogP contribution in [0.3, 0.4) is 0 Å². The van der Waals surface area contributed by atoms with Crippen LogP contribution in [0.1, 0.15) is 22.8 Å². The van der Waals surface area contributed by atoms with Crippen molar-refractivity contribution in [3.05, 3.63) is 83.0 Å². The van der Waals surface area contributed by atoms with E-state index in [4.69, 9.17) is 26.2 Å². The monoisotopic (exact) mass is 516 g/mol. The van der Waals surface area contributed by atoms with Crippen molar-refractivity contribution >= 4 is 45.5 Å². The first-order chi connectivity index (χ1) is 18.0. The van der Waals surface area contributed by atoms with Crippen LogP contribution in [0.2, 0.25) is 5.02 Å². The second kappa shape index (κ2) is 10.7. The Kier molecular flexibility index (Phi) is 7.02. The van der Waals surface area contributed by atoms with Crippen molar-refractivity contribution in [2.24, 2.45) is 0 Å². The lowest BCUT2D eigenvalue weighted by Gasteiger charge is -2.09. The maximum atomic E-state index is 12.4. The van der Waals surface area contributed by atoms with E-state index in [-0.39, 0.29) is 17.2 Å². The maximum Gasteiger partial charge on any atom is 0.334 e. The highest BCUT2D eigenvalue weighted by molar-refractivity contribution is 6.34. The van der Waals surface area contributed by atoms with Gasteiger partial charge < -0.3 is 4.74 Å². The van der Waals surface area contributed by atoms with Crippen LogP contribution in [0, 0.1) is 0 Å². The molecule has 0 bridgehead atoms. The normalized spacial score (nSPS) is 11.1. The lowest BCUT2D eigenvalue weighted by molar-refractivity contribution is -0.150. The number of benzene rings is 2. The Morgan fingerprint density at radius 3 is 2.76 bits per heavy atom. The lowest BCUT2D eigenvalue weighted by Crippen LogP contribution is -2.27. The van der Waals surface area contributed by atoms with E-state index in [1.54, 1.807) is 36.0 Å². The molecule has 0 fully saturated rings. The van der Waals surface area contributed by atoms with Gasteiger partial charge >= 0.3 is 5.97 Å². The predicted octanol–water partition coefficient (Wildman–Crippen LogP) is 3.97. The van der Waals surface area contributed by atoms with Gasteiger partial charge in [-0.1, -0.05) is 35.0 Å². The molecule has 186 valence electrons. The van der Waals surface area contributed by atoms with Gasteiger partial charge in [0.15, 0.2) is 12.3 Å². The number of hydrogen-bond acceptors (Lipinski definition) is 8. The van der Waals surface area contributed by atoms with Crippen LogP contribution >= 0.6 is 11.6 Å². The molecule has 0 saturated carbocycles. The minimum atomic E-state index is -0.586. The zero-order chi connectivity index (χ0) is 25.8. The van der Waals surface area contributed by atoms with E-state index in [1.807, 2.05) is 36.4 Å². The zero-order valence-electron chi connectivity index (χ0n) is 19.7. The number of fused-ring (bicyclic) bond motifs is 2. The Labute approximate surface area is 216 Å². The molecule has 0 aliphatic carbocycles. The molecule has 0 aliphatic rings. The molecular weight excluding hydrogens is 496 g/mol. The number of amides is 1. The number of ether oxygens (including phenoxy) is 1. The van der Waals surface area contributed by atoms with Crippen LogP contribution in [0.15, 0.2) is 66.9 Å². The molecule has 0 spiro atoms. The molecule has 1 amide bonds. The molecule has 0 radical (unpaired) electrons. The van der Waals surface area contributed by atoms with Gasteiger partial charge in [-0.05, 0) is 55.0 Å². The van der Waals surface area contributed by atoms with Crippen molar-refractivity contribution in [3.63, 3.8) is 0 Å². The number of nitrogens with zero attached hydrogens (tertiary/aromatic N) is 5. The first kappa shape index (κ1) is 24.3. The Hall–Kier alpha value is -4.41.